The zero-order valence-corrected chi connectivity index (χ0v) is 15.7. The van der Waals surface area contributed by atoms with E-state index in [-0.39, 0.29) is 18.2 Å². The van der Waals surface area contributed by atoms with Gasteiger partial charge in [-0.25, -0.2) is 9.48 Å². The molecular formula is C20H28N4O2. The van der Waals surface area contributed by atoms with Crippen molar-refractivity contribution in [2.24, 2.45) is 0 Å². The zero-order valence-electron chi connectivity index (χ0n) is 15.7. The molecule has 1 aromatic carbocycles. The topological polar surface area (TPSA) is 68.2 Å². The Morgan fingerprint density at radius 3 is 2.54 bits per heavy atom. The molecule has 1 aromatic heterocycles. The number of aromatic nitrogens is 2. The summed E-state index contributed by atoms with van der Waals surface area (Å²) in [4.78, 5) is 12.3. The number of hydrogen-bond acceptors (Lipinski definition) is 3. The molecule has 1 heterocycles. The number of nitrogens with zero attached hydrogens (tertiary/aromatic N) is 2. The third-order valence-electron chi connectivity index (χ3n) is 4.64. The highest BCUT2D eigenvalue weighted by atomic mass is 16.5. The molecule has 6 heteroatoms. The minimum atomic E-state index is -0.172. The van der Waals surface area contributed by atoms with E-state index in [2.05, 4.69) is 29.6 Å². The number of ether oxygens (including phenoxy) is 1. The molecule has 2 amide bonds. The highest BCUT2D eigenvalue weighted by Gasteiger charge is 2.23. The predicted octanol–water partition coefficient (Wildman–Crippen LogP) is 4.04. The highest BCUT2D eigenvalue weighted by Crippen LogP contribution is 2.23. The van der Waals surface area contributed by atoms with Gasteiger partial charge in [0.05, 0.1) is 35.5 Å². The molecule has 3 rings (SSSR count). The Bertz CT molecular complexity index is 719. The number of para-hydroxylation sites is 1. The summed E-state index contributed by atoms with van der Waals surface area (Å²) in [6, 6.07) is 9.88. The summed E-state index contributed by atoms with van der Waals surface area (Å²) in [6.45, 7) is 6.02. The Kier molecular flexibility index (Phi) is 5.93. The van der Waals surface area contributed by atoms with Crippen LogP contribution in [0.5, 0.6) is 0 Å². The van der Waals surface area contributed by atoms with Crippen LogP contribution in [0.15, 0.2) is 36.5 Å². The number of carbonyl (C=O) groups is 1. The first-order valence-corrected chi connectivity index (χ1v) is 9.36. The average Bonchev–Trinajstić information content (AvgIpc) is 2.97. The molecule has 2 N–H and O–H groups in total. The molecule has 0 bridgehead atoms. The maximum Gasteiger partial charge on any atom is 0.319 e. The molecule has 1 aliphatic carbocycles. The van der Waals surface area contributed by atoms with Gasteiger partial charge in [-0.05, 0) is 58.6 Å². The van der Waals surface area contributed by atoms with Gasteiger partial charge in [0.15, 0.2) is 0 Å². The van der Waals surface area contributed by atoms with E-state index in [0.717, 1.165) is 42.8 Å². The van der Waals surface area contributed by atoms with E-state index in [4.69, 9.17) is 4.74 Å². The highest BCUT2D eigenvalue weighted by molar-refractivity contribution is 5.89. The maximum absolute atomic E-state index is 12.3. The Morgan fingerprint density at radius 1 is 1.19 bits per heavy atom. The molecule has 1 fully saturated rings. The number of hydrogen-bond donors (Lipinski definition) is 2. The van der Waals surface area contributed by atoms with Gasteiger partial charge in [0.1, 0.15) is 0 Å². The van der Waals surface area contributed by atoms with Crippen LogP contribution >= 0.6 is 0 Å². The first-order chi connectivity index (χ1) is 12.5. The fourth-order valence-corrected chi connectivity index (χ4v) is 3.37. The number of anilines is 1. The molecule has 140 valence electrons. The lowest BCUT2D eigenvalue weighted by molar-refractivity contribution is -0.0155. The second-order valence-corrected chi connectivity index (χ2v) is 7.17. The molecule has 26 heavy (non-hydrogen) atoms. The molecule has 0 radical (unpaired) electrons. The number of rotatable bonds is 5. The lowest BCUT2D eigenvalue weighted by Crippen LogP contribution is -2.41. The molecule has 0 spiro atoms. The van der Waals surface area contributed by atoms with E-state index in [1.54, 1.807) is 4.68 Å². The van der Waals surface area contributed by atoms with E-state index < -0.39 is 0 Å². The van der Waals surface area contributed by atoms with E-state index in [0.29, 0.717) is 6.10 Å². The summed E-state index contributed by atoms with van der Waals surface area (Å²) in [5, 5.41) is 10.5. The van der Waals surface area contributed by atoms with Crippen LogP contribution in [0.25, 0.3) is 5.69 Å². The van der Waals surface area contributed by atoms with Crippen LogP contribution in [0.2, 0.25) is 0 Å². The lowest BCUT2D eigenvalue weighted by atomic mass is 9.93. The fraction of sp³-hybridized carbons (Fsp3) is 0.500. The van der Waals surface area contributed by atoms with Gasteiger partial charge in [0, 0.05) is 6.04 Å². The summed E-state index contributed by atoms with van der Waals surface area (Å²) < 4.78 is 7.64. The maximum atomic E-state index is 12.3. The molecule has 0 aliphatic heterocycles. The van der Waals surface area contributed by atoms with Crippen LogP contribution in [-0.2, 0) is 4.74 Å². The van der Waals surface area contributed by atoms with Crippen molar-refractivity contribution in [2.45, 2.75) is 64.7 Å². The predicted molar refractivity (Wildman–Crippen MR) is 103 cm³/mol. The smallest absolute Gasteiger partial charge is 0.319 e. The van der Waals surface area contributed by atoms with Gasteiger partial charge in [-0.2, -0.15) is 5.10 Å². The summed E-state index contributed by atoms with van der Waals surface area (Å²) in [7, 11) is 0. The number of amides is 2. The molecular weight excluding hydrogens is 328 g/mol. The van der Waals surface area contributed by atoms with Crippen LogP contribution in [0.3, 0.4) is 0 Å². The largest absolute Gasteiger partial charge is 0.376 e. The van der Waals surface area contributed by atoms with E-state index in [1.165, 1.54) is 0 Å². The van der Waals surface area contributed by atoms with Gasteiger partial charge in [-0.1, -0.05) is 18.2 Å². The Labute approximate surface area is 154 Å². The van der Waals surface area contributed by atoms with Crippen molar-refractivity contribution >= 4 is 11.7 Å². The first-order valence-electron chi connectivity index (χ1n) is 9.36. The van der Waals surface area contributed by atoms with Gasteiger partial charge in [-0.3, -0.25) is 0 Å². The summed E-state index contributed by atoms with van der Waals surface area (Å²) in [5.41, 5.74) is 2.48. The standard InChI is InChI=1S/C20H28N4O2/c1-14(2)26-18-11-9-16(10-12-18)21-20(25)22-19-13-24(23-15(19)3)17-7-5-4-6-8-17/h4-8,13-14,16,18H,9-12H2,1-3H3,(H2,21,22,25). The van der Waals surface area contributed by atoms with Crippen molar-refractivity contribution in [2.75, 3.05) is 5.32 Å². The number of aryl methyl sites for hydroxylation is 1. The van der Waals surface area contributed by atoms with E-state index in [1.807, 2.05) is 43.5 Å². The van der Waals surface area contributed by atoms with Gasteiger partial charge in [0.25, 0.3) is 0 Å². The first kappa shape index (κ1) is 18.5. The Balaban J connectivity index is 1.52. The summed E-state index contributed by atoms with van der Waals surface area (Å²) >= 11 is 0. The van der Waals surface area contributed by atoms with Crippen molar-refractivity contribution < 1.29 is 9.53 Å². The number of benzene rings is 1. The third-order valence-corrected chi connectivity index (χ3v) is 4.64. The van der Waals surface area contributed by atoms with Crippen molar-refractivity contribution in [3.05, 3.63) is 42.2 Å². The van der Waals surface area contributed by atoms with Crippen molar-refractivity contribution in [1.29, 1.82) is 0 Å². The SMILES string of the molecule is Cc1nn(-c2ccccc2)cc1NC(=O)NC1CCC(OC(C)C)CC1. The zero-order chi connectivity index (χ0) is 18.5. The van der Waals surface area contributed by atoms with Crippen LogP contribution in [0, 0.1) is 6.92 Å². The monoisotopic (exact) mass is 356 g/mol. The van der Waals surface area contributed by atoms with Crippen LogP contribution < -0.4 is 10.6 Å². The van der Waals surface area contributed by atoms with Crippen LogP contribution in [0.4, 0.5) is 10.5 Å². The van der Waals surface area contributed by atoms with Crippen molar-refractivity contribution in [3.63, 3.8) is 0 Å². The quantitative estimate of drug-likeness (QED) is 0.849. The second kappa shape index (κ2) is 8.36. The summed E-state index contributed by atoms with van der Waals surface area (Å²) in [5.74, 6) is 0. The lowest BCUT2D eigenvalue weighted by Gasteiger charge is -2.30. The summed E-state index contributed by atoms with van der Waals surface area (Å²) in [6.07, 6.45) is 6.32. The van der Waals surface area contributed by atoms with Crippen molar-refractivity contribution in [1.82, 2.24) is 15.1 Å². The number of carbonyl (C=O) groups excluding carboxylic acids is 1. The van der Waals surface area contributed by atoms with E-state index in [9.17, 15) is 4.79 Å². The Hall–Kier alpha value is -2.34. The Morgan fingerprint density at radius 2 is 1.88 bits per heavy atom. The molecule has 0 atom stereocenters. The molecule has 6 nitrogen and oxygen atoms in total. The minimum absolute atomic E-state index is 0.172. The molecule has 1 aliphatic rings. The molecule has 2 aromatic rings. The number of nitrogens with one attached hydrogen (secondary N) is 2. The average molecular weight is 356 g/mol. The second-order valence-electron chi connectivity index (χ2n) is 7.17. The van der Waals surface area contributed by atoms with Crippen molar-refractivity contribution in [3.8, 4) is 5.69 Å². The normalized spacial score (nSPS) is 20.2. The number of urea groups is 1. The van der Waals surface area contributed by atoms with Crippen LogP contribution in [0.1, 0.15) is 45.2 Å². The molecule has 1 saturated carbocycles. The van der Waals surface area contributed by atoms with Gasteiger partial charge < -0.3 is 15.4 Å². The fourth-order valence-electron chi connectivity index (χ4n) is 3.37. The van der Waals surface area contributed by atoms with Gasteiger partial charge in [-0.15, -0.1) is 0 Å². The molecule has 0 unspecified atom stereocenters. The van der Waals surface area contributed by atoms with E-state index >= 15 is 0 Å². The van der Waals surface area contributed by atoms with Gasteiger partial charge >= 0.3 is 6.03 Å². The van der Waals surface area contributed by atoms with Crippen LogP contribution in [-0.4, -0.2) is 34.1 Å². The third kappa shape index (κ3) is 4.85. The molecule has 0 saturated heterocycles. The minimum Gasteiger partial charge on any atom is -0.376 e. The van der Waals surface area contributed by atoms with Gasteiger partial charge in [0.2, 0.25) is 0 Å².